The Morgan fingerprint density at radius 2 is 2.18 bits per heavy atom. The summed E-state index contributed by atoms with van der Waals surface area (Å²) >= 11 is 1.86. The van der Waals surface area contributed by atoms with E-state index in [9.17, 15) is 0 Å². The second-order valence-electron chi connectivity index (χ2n) is 5.27. The van der Waals surface area contributed by atoms with Crippen LogP contribution in [0.1, 0.15) is 30.2 Å². The molecule has 1 aromatic rings. The first-order valence-electron chi connectivity index (χ1n) is 6.72. The average molecular weight is 252 g/mol. The van der Waals surface area contributed by atoms with Crippen LogP contribution in [0.5, 0.6) is 0 Å². The van der Waals surface area contributed by atoms with Crippen molar-refractivity contribution in [3.8, 4) is 0 Å². The molecular weight excluding hydrogens is 228 g/mol. The van der Waals surface area contributed by atoms with Crippen LogP contribution in [0.15, 0.2) is 11.4 Å². The van der Waals surface area contributed by atoms with Crippen molar-refractivity contribution in [3.05, 3.63) is 21.9 Å². The quantitative estimate of drug-likeness (QED) is 0.837. The molecule has 3 heteroatoms. The van der Waals surface area contributed by atoms with E-state index < -0.39 is 0 Å². The number of rotatable bonds is 6. The highest BCUT2D eigenvalue weighted by Crippen LogP contribution is 2.15. The molecule has 1 aromatic heterocycles. The van der Waals surface area contributed by atoms with E-state index >= 15 is 0 Å². The van der Waals surface area contributed by atoms with E-state index in [0.717, 1.165) is 19.0 Å². The number of thiophene rings is 1. The number of hydrogen-bond donors (Lipinski definition) is 1. The summed E-state index contributed by atoms with van der Waals surface area (Å²) in [6.07, 6.45) is 2.79. The number of nitrogens with zero attached hydrogens (tertiary/aromatic N) is 1. The summed E-state index contributed by atoms with van der Waals surface area (Å²) in [5, 5.41) is 5.77. The average Bonchev–Trinajstić information content (AvgIpc) is 2.91. The fourth-order valence-electron chi connectivity index (χ4n) is 2.49. The lowest BCUT2D eigenvalue weighted by molar-refractivity contribution is 0.282. The second kappa shape index (κ2) is 6.53. The van der Waals surface area contributed by atoms with Gasteiger partial charge in [0.2, 0.25) is 0 Å². The fraction of sp³-hybridized carbons (Fsp3) is 0.714. The van der Waals surface area contributed by atoms with Gasteiger partial charge in [0.05, 0.1) is 0 Å². The maximum Gasteiger partial charge on any atom is 0.0302 e. The lowest BCUT2D eigenvalue weighted by Gasteiger charge is -2.20. The summed E-state index contributed by atoms with van der Waals surface area (Å²) in [4.78, 5) is 4.08. The molecule has 0 saturated carbocycles. The summed E-state index contributed by atoms with van der Waals surface area (Å²) in [7, 11) is 0. The lowest BCUT2D eigenvalue weighted by atomic mass is 10.1. The molecule has 1 saturated heterocycles. The van der Waals surface area contributed by atoms with Crippen molar-refractivity contribution in [1.82, 2.24) is 10.2 Å². The predicted octanol–water partition coefficient (Wildman–Crippen LogP) is 2.88. The van der Waals surface area contributed by atoms with E-state index in [4.69, 9.17) is 0 Å². The Labute approximate surface area is 109 Å². The Kier molecular flexibility index (Phi) is 5.01. The van der Waals surface area contributed by atoms with Crippen LogP contribution in [0.25, 0.3) is 0 Å². The highest BCUT2D eigenvalue weighted by Gasteiger charge is 2.14. The number of aryl methyl sites for hydroxylation is 1. The number of likely N-dealkylation sites (tertiary alicyclic amines) is 1. The van der Waals surface area contributed by atoms with Gasteiger partial charge in [0.25, 0.3) is 0 Å². The molecule has 96 valence electrons. The van der Waals surface area contributed by atoms with Crippen LogP contribution < -0.4 is 5.32 Å². The van der Waals surface area contributed by atoms with E-state index in [-0.39, 0.29) is 0 Å². The minimum absolute atomic E-state index is 0.758. The topological polar surface area (TPSA) is 15.3 Å². The Morgan fingerprint density at radius 3 is 2.82 bits per heavy atom. The minimum atomic E-state index is 0.758. The molecule has 0 aliphatic carbocycles. The molecule has 1 aliphatic heterocycles. The van der Waals surface area contributed by atoms with Crippen molar-refractivity contribution >= 4 is 11.3 Å². The smallest absolute Gasteiger partial charge is 0.0302 e. The fourth-order valence-corrected chi connectivity index (χ4v) is 3.36. The van der Waals surface area contributed by atoms with Crippen molar-refractivity contribution < 1.29 is 0 Å². The maximum atomic E-state index is 3.59. The van der Waals surface area contributed by atoms with Crippen molar-refractivity contribution in [2.24, 2.45) is 5.92 Å². The number of nitrogens with one attached hydrogen (secondary N) is 1. The van der Waals surface area contributed by atoms with Crippen LogP contribution in [0, 0.1) is 12.8 Å². The highest BCUT2D eigenvalue weighted by atomic mass is 32.1. The Balaban J connectivity index is 1.62. The lowest BCUT2D eigenvalue weighted by Crippen LogP contribution is -2.31. The van der Waals surface area contributed by atoms with Gasteiger partial charge in [-0.25, -0.2) is 0 Å². The van der Waals surface area contributed by atoms with Crippen molar-refractivity contribution in [3.63, 3.8) is 0 Å². The first-order chi connectivity index (χ1) is 8.25. The minimum Gasteiger partial charge on any atom is -0.312 e. The zero-order valence-corrected chi connectivity index (χ0v) is 11.9. The normalized spacial score (nSPS) is 18.7. The molecule has 1 unspecified atom stereocenters. The summed E-state index contributed by atoms with van der Waals surface area (Å²) in [5.74, 6) is 0.758. The molecule has 0 amide bonds. The highest BCUT2D eigenvalue weighted by molar-refractivity contribution is 7.10. The van der Waals surface area contributed by atoms with Crippen LogP contribution in [0.3, 0.4) is 0 Å². The third kappa shape index (κ3) is 4.09. The van der Waals surface area contributed by atoms with Gasteiger partial charge in [-0.3, -0.25) is 0 Å². The number of hydrogen-bond acceptors (Lipinski definition) is 3. The summed E-state index contributed by atoms with van der Waals surface area (Å²) < 4.78 is 0. The molecule has 1 aliphatic rings. The second-order valence-corrected chi connectivity index (χ2v) is 6.27. The molecule has 2 nitrogen and oxygen atoms in total. The first-order valence-corrected chi connectivity index (χ1v) is 7.59. The zero-order valence-electron chi connectivity index (χ0n) is 11.0. The summed E-state index contributed by atoms with van der Waals surface area (Å²) in [6.45, 7) is 10.6. The van der Waals surface area contributed by atoms with Crippen LogP contribution in [0.2, 0.25) is 0 Å². The van der Waals surface area contributed by atoms with Gasteiger partial charge in [-0.1, -0.05) is 6.92 Å². The molecule has 0 spiro atoms. The van der Waals surface area contributed by atoms with E-state index in [1.165, 1.54) is 42.9 Å². The molecule has 2 heterocycles. The largest absolute Gasteiger partial charge is 0.312 e. The molecule has 1 N–H and O–H groups in total. The summed E-state index contributed by atoms with van der Waals surface area (Å²) in [5.41, 5.74) is 1.43. The van der Waals surface area contributed by atoms with Gasteiger partial charge in [-0.2, -0.15) is 0 Å². The molecule has 0 bridgehead atoms. The molecule has 1 fully saturated rings. The van der Waals surface area contributed by atoms with E-state index in [1.807, 2.05) is 11.3 Å². The van der Waals surface area contributed by atoms with Gasteiger partial charge in [-0.05, 0) is 62.3 Å². The molecule has 17 heavy (non-hydrogen) atoms. The maximum absolute atomic E-state index is 3.59. The van der Waals surface area contributed by atoms with Gasteiger partial charge in [0.15, 0.2) is 0 Å². The van der Waals surface area contributed by atoms with Crippen LogP contribution >= 0.6 is 11.3 Å². The third-order valence-electron chi connectivity index (χ3n) is 3.52. The van der Waals surface area contributed by atoms with Crippen LogP contribution in [0.4, 0.5) is 0 Å². The Hall–Kier alpha value is -0.380. The van der Waals surface area contributed by atoms with Crippen LogP contribution in [-0.2, 0) is 6.54 Å². The molecule has 0 radical (unpaired) electrons. The predicted molar refractivity (Wildman–Crippen MR) is 75.6 cm³/mol. The monoisotopic (exact) mass is 252 g/mol. The SMILES string of the molecule is Cc1ccsc1CNCC(C)CN1CCCC1. The molecular formula is C14H24N2S. The summed E-state index contributed by atoms with van der Waals surface area (Å²) in [6, 6.07) is 2.20. The van der Waals surface area contributed by atoms with Gasteiger partial charge >= 0.3 is 0 Å². The van der Waals surface area contributed by atoms with E-state index in [2.05, 4.69) is 35.5 Å². The van der Waals surface area contributed by atoms with Crippen molar-refractivity contribution in [2.45, 2.75) is 33.2 Å². The van der Waals surface area contributed by atoms with Crippen molar-refractivity contribution in [2.75, 3.05) is 26.2 Å². The van der Waals surface area contributed by atoms with E-state index in [1.54, 1.807) is 0 Å². The van der Waals surface area contributed by atoms with Gasteiger partial charge in [0.1, 0.15) is 0 Å². The molecule has 1 atom stereocenters. The first kappa shape index (κ1) is 13.1. The Morgan fingerprint density at radius 1 is 1.41 bits per heavy atom. The van der Waals surface area contributed by atoms with Gasteiger partial charge in [-0.15, -0.1) is 11.3 Å². The Bertz CT molecular complexity index is 329. The zero-order chi connectivity index (χ0) is 12.1. The molecule has 2 rings (SSSR count). The van der Waals surface area contributed by atoms with Crippen LogP contribution in [-0.4, -0.2) is 31.1 Å². The third-order valence-corrected chi connectivity index (χ3v) is 4.54. The van der Waals surface area contributed by atoms with Gasteiger partial charge in [0, 0.05) is 18.0 Å². The standard InChI is InChI=1S/C14H24N2S/c1-12(11-16-6-3-4-7-16)9-15-10-14-13(2)5-8-17-14/h5,8,12,15H,3-4,6-7,9-11H2,1-2H3. The van der Waals surface area contributed by atoms with Crippen molar-refractivity contribution in [1.29, 1.82) is 0 Å². The molecule has 0 aromatic carbocycles. The van der Waals surface area contributed by atoms with Gasteiger partial charge < -0.3 is 10.2 Å². The van der Waals surface area contributed by atoms with E-state index in [0.29, 0.717) is 0 Å².